The normalized spacial score (nSPS) is 9.29. The SMILES string of the molecule is CC(=O)SCC#Cc1ccc([N+](=O)[O-])c(C)c1. The molecule has 17 heavy (non-hydrogen) atoms. The van der Waals surface area contributed by atoms with Gasteiger partial charge in [-0.05, 0) is 19.1 Å². The highest BCUT2D eigenvalue weighted by Crippen LogP contribution is 2.18. The number of carbonyl (C=O) groups is 1. The van der Waals surface area contributed by atoms with E-state index in [-0.39, 0.29) is 10.8 Å². The van der Waals surface area contributed by atoms with Gasteiger partial charge in [0, 0.05) is 24.1 Å². The molecule has 0 aromatic heterocycles. The summed E-state index contributed by atoms with van der Waals surface area (Å²) in [7, 11) is 0. The lowest BCUT2D eigenvalue weighted by Crippen LogP contribution is -1.91. The first-order valence-electron chi connectivity index (χ1n) is 4.88. The zero-order chi connectivity index (χ0) is 12.8. The molecule has 0 aliphatic carbocycles. The lowest BCUT2D eigenvalue weighted by molar-refractivity contribution is -0.385. The molecule has 0 amide bonds. The van der Waals surface area contributed by atoms with Crippen molar-refractivity contribution in [3.63, 3.8) is 0 Å². The maximum Gasteiger partial charge on any atom is 0.272 e. The Hall–Kier alpha value is -1.80. The van der Waals surface area contributed by atoms with Crippen molar-refractivity contribution in [3.05, 3.63) is 39.4 Å². The molecule has 4 nitrogen and oxygen atoms in total. The van der Waals surface area contributed by atoms with E-state index >= 15 is 0 Å². The summed E-state index contributed by atoms with van der Waals surface area (Å²) in [5.41, 5.74) is 1.40. The van der Waals surface area contributed by atoms with Gasteiger partial charge in [-0.25, -0.2) is 0 Å². The Kier molecular flexibility index (Phi) is 4.73. The number of benzene rings is 1. The van der Waals surface area contributed by atoms with Crippen molar-refractivity contribution in [2.24, 2.45) is 0 Å². The lowest BCUT2D eigenvalue weighted by atomic mass is 10.1. The summed E-state index contributed by atoms with van der Waals surface area (Å²) in [4.78, 5) is 20.8. The van der Waals surface area contributed by atoms with E-state index in [2.05, 4.69) is 11.8 Å². The van der Waals surface area contributed by atoms with Crippen molar-refractivity contribution in [2.45, 2.75) is 13.8 Å². The van der Waals surface area contributed by atoms with Gasteiger partial charge in [0.1, 0.15) is 0 Å². The van der Waals surface area contributed by atoms with E-state index in [1.54, 1.807) is 19.1 Å². The molecule has 1 aromatic carbocycles. The molecule has 0 bridgehead atoms. The summed E-state index contributed by atoms with van der Waals surface area (Å²) in [5.74, 6) is 6.13. The standard InChI is InChI=1S/C12H11NO3S/c1-9-8-11(4-3-7-17-10(2)14)5-6-12(9)13(15)16/h5-6,8H,7H2,1-2H3. The smallest absolute Gasteiger partial charge is 0.272 e. The van der Waals surface area contributed by atoms with E-state index in [0.717, 1.165) is 17.3 Å². The van der Waals surface area contributed by atoms with Crippen molar-refractivity contribution >= 4 is 22.6 Å². The van der Waals surface area contributed by atoms with Crippen molar-refractivity contribution in [3.8, 4) is 11.8 Å². The van der Waals surface area contributed by atoms with Crippen LogP contribution in [0.5, 0.6) is 0 Å². The van der Waals surface area contributed by atoms with Crippen LogP contribution in [0.3, 0.4) is 0 Å². The monoisotopic (exact) mass is 249 g/mol. The van der Waals surface area contributed by atoms with E-state index in [0.29, 0.717) is 11.3 Å². The zero-order valence-corrected chi connectivity index (χ0v) is 10.3. The molecule has 0 heterocycles. The Morgan fingerprint density at radius 2 is 2.24 bits per heavy atom. The fraction of sp³-hybridized carbons (Fsp3) is 0.250. The number of nitro benzene ring substituents is 1. The fourth-order valence-corrected chi connectivity index (χ4v) is 1.56. The van der Waals surface area contributed by atoms with Gasteiger partial charge in [-0.15, -0.1) is 0 Å². The number of aryl methyl sites for hydroxylation is 1. The molecule has 0 radical (unpaired) electrons. The number of nitro groups is 1. The minimum atomic E-state index is -0.419. The topological polar surface area (TPSA) is 60.2 Å². The van der Waals surface area contributed by atoms with E-state index in [1.165, 1.54) is 13.0 Å². The van der Waals surface area contributed by atoms with E-state index in [1.807, 2.05) is 0 Å². The van der Waals surface area contributed by atoms with Crippen LogP contribution in [0.4, 0.5) is 5.69 Å². The first-order valence-corrected chi connectivity index (χ1v) is 5.86. The average Bonchev–Trinajstić information content (AvgIpc) is 2.23. The van der Waals surface area contributed by atoms with Crippen LogP contribution in [0.1, 0.15) is 18.1 Å². The molecule has 88 valence electrons. The largest absolute Gasteiger partial charge is 0.288 e. The quantitative estimate of drug-likeness (QED) is 0.459. The van der Waals surface area contributed by atoms with Gasteiger partial charge < -0.3 is 0 Å². The molecule has 0 aliphatic rings. The molecule has 0 aliphatic heterocycles. The summed E-state index contributed by atoms with van der Waals surface area (Å²) in [6.07, 6.45) is 0. The molecule has 0 fully saturated rings. The third-order valence-electron chi connectivity index (χ3n) is 1.97. The number of hydrogen-bond acceptors (Lipinski definition) is 4. The van der Waals surface area contributed by atoms with Crippen LogP contribution in [0.2, 0.25) is 0 Å². The number of thioether (sulfide) groups is 1. The predicted octanol–water partition coefficient (Wildman–Crippen LogP) is 2.53. The zero-order valence-electron chi connectivity index (χ0n) is 9.52. The summed E-state index contributed by atoms with van der Waals surface area (Å²) in [5, 5.41) is 10.6. The van der Waals surface area contributed by atoms with Crippen LogP contribution in [0.15, 0.2) is 18.2 Å². The Bertz CT molecular complexity index is 514. The number of carbonyl (C=O) groups excluding carboxylic acids is 1. The Balaban J connectivity index is 2.77. The number of hydrogen-bond donors (Lipinski definition) is 0. The van der Waals surface area contributed by atoms with Crippen molar-refractivity contribution in [1.82, 2.24) is 0 Å². The minimum absolute atomic E-state index is 0.0270. The summed E-state index contributed by atoms with van der Waals surface area (Å²) in [6, 6.07) is 4.72. The van der Waals surface area contributed by atoms with Crippen LogP contribution in [-0.2, 0) is 4.79 Å². The molecule has 0 N–H and O–H groups in total. The van der Waals surface area contributed by atoms with Gasteiger partial charge in [0.2, 0.25) is 0 Å². The van der Waals surface area contributed by atoms with Crippen molar-refractivity contribution in [1.29, 1.82) is 0 Å². The summed E-state index contributed by atoms with van der Waals surface area (Å²) >= 11 is 1.14. The van der Waals surface area contributed by atoms with Crippen molar-refractivity contribution < 1.29 is 9.72 Å². The van der Waals surface area contributed by atoms with Crippen LogP contribution in [0.25, 0.3) is 0 Å². The highest BCUT2D eigenvalue weighted by atomic mass is 32.2. The van der Waals surface area contributed by atoms with Gasteiger partial charge in [-0.3, -0.25) is 14.9 Å². The van der Waals surface area contributed by atoms with Gasteiger partial charge >= 0.3 is 0 Å². The molecule has 0 saturated carbocycles. The maximum absolute atomic E-state index is 10.6. The molecule has 0 atom stereocenters. The highest BCUT2D eigenvalue weighted by Gasteiger charge is 2.08. The molecule has 1 aromatic rings. The predicted molar refractivity (Wildman–Crippen MR) is 67.9 cm³/mol. The Morgan fingerprint density at radius 3 is 2.76 bits per heavy atom. The third kappa shape index (κ3) is 4.29. The second kappa shape index (κ2) is 6.06. The van der Waals surface area contributed by atoms with Gasteiger partial charge in [0.25, 0.3) is 5.69 Å². The van der Waals surface area contributed by atoms with E-state index in [9.17, 15) is 14.9 Å². The summed E-state index contributed by atoms with van der Waals surface area (Å²) < 4.78 is 0. The molecule has 0 saturated heterocycles. The van der Waals surface area contributed by atoms with Crippen LogP contribution in [-0.4, -0.2) is 15.8 Å². The van der Waals surface area contributed by atoms with Crippen LogP contribution < -0.4 is 0 Å². The molecule has 5 heteroatoms. The Morgan fingerprint density at radius 1 is 1.53 bits per heavy atom. The van der Waals surface area contributed by atoms with Gasteiger partial charge in [-0.1, -0.05) is 23.6 Å². The van der Waals surface area contributed by atoms with E-state index < -0.39 is 4.92 Å². The molecule has 0 spiro atoms. The Labute approximate surface area is 104 Å². The highest BCUT2D eigenvalue weighted by molar-refractivity contribution is 8.13. The third-order valence-corrected chi connectivity index (χ3v) is 2.67. The fourth-order valence-electron chi connectivity index (χ4n) is 1.21. The van der Waals surface area contributed by atoms with Crippen LogP contribution in [0, 0.1) is 28.9 Å². The van der Waals surface area contributed by atoms with Crippen molar-refractivity contribution in [2.75, 3.05) is 5.75 Å². The second-order valence-corrected chi connectivity index (χ2v) is 4.49. The average molecular weight is 249 g/mol. The maximum atomic E-state index is 10.6. The van der Waals surface area contributed by atoms with E-state index in [4.69, 9.17) is 0 Å². The van der Waals surface area contributed by atoms with Crippen LogP contribution >= 0.6 is 11.8 Å². The molecular weight excluding hydrogens is 238 g/mol. The van der Waals surface area contributed by atoms with Gasteiger partial charge in [0.15, 0.2) is 5.12 Å². The first kappa shape index (κ1) is 13.3. The van der Waals surface area contributed by atoms with Gasteiger partial charge in [0.05, 0.1) is 10.7 Å². The number of nitrogens with zero attached hydrogens (tertiary/aromatic N) is 1. The molecule has 1 rings (SSSR count). The van der Waals surface area contributed by atoms with Gasteiger partial charge in [-0.2, -0.15) is 0 Å². The molecular formula is C12H11NO3S. The second-order valence-electron chi connectivity index (χ2n) is 3.34. The minimum Gasteiger partial charge on any atom is -0.288 e. The lowest BCUT2D eigenvalue weighted by Gasteiger charge is -1.96. The first-order chi connectivity index (χ1) is 8.00. The summed E-state index contributed by atoms with van der Waals surface area (Å²) in [6.45, 7) is 3.16. The molecule has 0 unspecified atom stereocenters. The number of rotatable bonds is 2.